The van der Waals surface area contributed by atoms with Gasteiger partial charge in [0, 0.05) is 6.20 Å². The van der Waals surface area contributed by atoms with Gasteiger partial charge >= 0.3 is 0 Å². The third-order valence-corrected chi connectivity index (χ3v) is 1.36. The van der Waals surface area contributed by atoms with Crippen LogP contribution >= 0.6 is 12.4 Å². The van der Waals surface area contributed by atoms with Gasteiger partial charge in [0.15, 0.2) is 5.82 Å². The molecule has 0 aliphatic rings. The number of nitrogens with zero attached hydrogens (tertiary/aromatic N) is 2. The summed E-state index contributed by atoms with van der Waals surface area (Å²) in [4.78, 5) is 4.24. The Morgan fingerprint density at radius 3 is 2.23 bits per heavy atom. The van der Waals surface area contributed by atoms with Gasteiger partial charge in [0.05, 0.1) is 21.1 Å². The van der Waals surface area contributed by atoms with E-state index >= 15 is 0 Å². The van der Waals surface area contributed by atoms with E-state index in [4.69, 9.17) is 0 Å². The zero-order valence-electron chi connectivity index (χ0n) is 8.53. The molecule has 1 aromatic heterocycles. The van der Waals surface area contributed by atoms with Crippen molar-refractivity contribution in [2.24, 2.45) is 0 Å². The number of hydrogen-bond acceptors (Lipinski definition) is 2. The lowest BCUT2D eigenvalue weighted by Crippen LogP contribution is -2.40. The molecule has 0 atom stereocenters. The summed E-state index contributed by atoms with van der Waals surface area (Å²) >= 11 is 0. The Bertz CT molecular complexity index is 251. The molecule has 0 saturated carbocycles. The van der Waals surface area contributed by atoms with Gasteiger partial charge in [0.25, 0.3) is 0 Å². The molecule has 1 rings (SSSR count). The SMILES string of the molecule is Cc1ccc(N[N+](C)(C)C)nc1.Cl. The Hall–Kier alpha value is -0.800. The van der Waals surface area contributed by atoms with Crippen molar-refractivity contribution in [2.75, 3.05) is 26.6 Å². The normalized spacial score (nSPS) is 10.5. The molecule has 0 aliphatic carbocycles. The summed E-state index contributed by atoms with van der Waals surface area (Å²) in [5.74, 6) is 0.910. The first-order chi connectivity index (χ1) is 5.47. The molecule has 0 bridgehead atoms. The van der Waals surface area contributed by atoms with Gasteiger partial charge in [-0.15, -0.1) is 12.4 Å². The number of quaternary nitrogens is 1. The van der Waals surface area contributed by atoms with Crippen LogP contribution in [0.5, 0.6) is 0 Å². The fourth-order valence-electron chi connectivity index (χ4n) is 0.878. The predicted molar refractivity (Wildman–Crippen MR) is 57.9 cm³/mol. The van der Waals surface area contributed by atoms with Crippen LogP contribution in [0, 0.1) is 6.92 Å². The molecule has 0 aliphatic heterocycles. The number of hydrogen-bond donors (Lipinski definition) is 1. The van der Waals surface area contributed by atoms with Gasteiger partial charge in [-0.05, 0) is 18.6 Å². The van der Waals surface area contributed by atoms with Crippen molar-refractivity contribution in [3.05, 3.63) is 23.9 Å². The number of rotatable bonds is 2. The summed E-state index contributed by atoms with van der Waals surface area (Å²) in [6, 6.07) is 4.03. The summed E-state index contributed by atoms with van der Waals surface area (Å²) in [6.45, 7) is 2.03. The van der Waals surface area contributed by atoms with Crippen molar-refractivity contribution < 1.29 is 4.59 Å². The average Bonchev–Trinajstić information content (AvgIpc) is 1.91. The number of pyridine rings is 1. The largest absolute Gasteiger partial charge is 0.235 e. The number of aromatic nitrogens is 1. The van der Waals surface area contributed by atoms with Crippen molar-refractivity contribution in [1.29, 1.82) is 0 Å². The van der Waals surface area contributed by atoms with E-state index in [-0.39, 0.29) is 12.4 Å². The highest BCUT2D eigenvalue weighted by molar-refractivity contribution is 5.85. The molecule has 0 spiro atoms. The molecule has 74 valence electrons. The van der Waals surface area contributed by atoms with Gasteiger partial charge in [-0.1, -0.05) is 6.07 Å². The molecular weight excluding hydrogens is 186 g/mol. The molecule has 0 fully saturated rings. The second-order valence-corrected chi connectivity index (χ2v) is 3.85. The fraction of sp³-hybridized carbons (Fsp3) is 0.444. The van der Waals surface area contributed by atoms with E-state index in [0.717, 1.165) is 5.82 Å². The number of halogens is 1. The Labute approximate surface area is 85.8 Å². The zero-order chi connectivity index (χ0) is 9.19. The van der Waals surface area contributed by atoms with Gasteiger partial charge in [-0.3, -0.25) is 0 Å². The van der Waals surface area contributed by atoms with Crippen molar-refractivity contribution in [1.82, 2.24) is 4.98 Å². The summed E-state index contributed by atoms with van der Waals surface area (Å²) < 4.78 is 0.677. The predicted octanol–water partition coefficient (Wildman–Crippen LogP) is 1.84. The summed E-state index contributed by atoms with van der Waals surface area (Å²) in [7, 11) is 6.17. The first-order valence-corrected chi connectivity index (χ1v) is 4.00. The van der Waals surface area contributed by atoms with E-state index in [9.17, 15) is 0 Å². The van der Waals surface area contributed by atoms with Gasteiger partial charge in [0.1, 0.15) is 0 Å². The van der Waals surface area contributed by atoms with Crippen LogP contribution in [-0.2, 0) is 0 Å². The Morgan fingerprint density at radius 2 is 1.85 bits per heavy atom. The van der Waals surface area contributed by atoms with Crippen LogP contribution in [0.25, 0.3) is 0 Å². The Morgan fingerprint density at radius 1 is 1.23 bits per heavy atom. The smallest absolute Gasteiger partial charge is 0.173 e. The van der Waals surface area contributed by atoms with Crippen LogP contribution in [0.4, 0.5) is 5.82 Å². The van der Waals surface area contributed by atoms with Crippen LogP contribution in [0.15, 0.2) is 18.3 Å². The van der Waals surface area contributed by atoms with E-state index in [1.54, 1.807) is 0 Å². The lowest BCUT2D eigenvalue weighted by atomic mass is 10.3. The quantitative estimate of drug-likeness (QED) is 0.585. The molecule has 1 aromatic rings. The zero-order valence-corrected chi connectivity index (χ0v) is 9.35. The second kappa shape index (κ2) is 4.44. The van der Waals surface area contributed by atoms with Crippen LogP contribution in [0.2, 0.25) is 0 Å². The summed E-state index contributed by atoms with van der Waals surface area (Å²) in [6.07, 6.45) is 1.86. The third-order valence-electron chi connectivity index (χ3n) is 1.36. The van der Waals surface area contributed by atoms with E-state index in [1.807, 2.05) is 25.3 Å². The first kappa shape index (κ1) is 12.2. The van der Waals surface area contributed by atoms with E-state index in [0.29, 0.717) is 4.59 Å². The first-order valence-electron chi connectivity index (χ1n) is 4.00. The molecule has 0 aromatic carbocycles. The van der Waals surface area contributed by atoms with Gasteiger partial charge in [0.2, 0.25) is 0 Å². The maximum atomic E-state index is 4.24. The molecular formula is C9H17ClN3+. The van der Waals surface area contributed by atoms with Gasteiger partial charge < -0.3 is 0 Å². The Balaban J connectivity index is 0.00000144. The van der Waals surface area contributed by atoms with Crippen molar-refractivity contribution in [2.45, 2.75) is 6.92 Å². The van der Waals surface area contributed by atoms with Gasteiger partial charge in [-0.2, -0.15) is 0 Å². The highest BCUT2D eigenvalue weighted by Crippen LogP contribution is 2.05. The summed E-state index contributed by atoms with van der Waals surface area (Å²) in [5, 5.41) is 0. The minimum atomic E-state index is 0. The molecule has 0 saturated heterocycles. The lowest BCUT2D eigenvalue weighted by molar-refractivity contribution is -0.848. The fourth-order valence-corrected chi connectivity index (χ4v) is 0.878. The van der Waals surface area contributed by atoms with Crippen LogP contribution in [0.1, 0.15) is 5.56 Å². The van der Waals surface area contributed by atoms with Crippen molar-refractivity contribution in [3.8, 4) is 0 Å². The molecule has 0 radical (unpaired) electrons. The molecule has 4 heteroatoms. The number of nitrogens with one attached hydrogen (secondary N) is 1. The second-order valence-electron chi connectivity index (χ2n) is 3.85. The van der Waals surface area contributed by atoms with Crippen LogP contribution in [0.3, 0.4) is 0 Å². The lowest BCUT2D eigenvalue weighted by Gasteiger charge is -2.23. The van der Waals surface area contributed by atoms with E-state index in [2.05, 4.69) is 31.6 Å². The molecule has 0 amide bonds. The third kappa shape index (κ3) is 4.70. The van der Waals surface area contributed by atoms with E-state index in [1.165, 1.54) is 5.56 Å². The minimum Gasteiger partial charge on any atom is -0.235 e. The van der Waals surface area contributed by atoms with Crippen molar-refractivity contribution >= 4 is 18.2 Å². The average molecular weight is 203 g/mol. The maximum absolute atomic E-state index is 4.24. The van der Waals surface area contributed by atoms with Crippen LogP contribution in [-0.4, -0.2) is 30.7 Å². The number of aryl methyl sites for hydroxylation is 1. The molecule has 1 heterocycles. The molecule has 0 unspecified atom stereocenters. The Kier molecular flexibility index (Phi) is 4.17. The minimum absolute atomic E-state index is 0. The molecule has 3 nitrogen and oxygen atoms in total. The van der Waals surface area contributed by atoms with Gasteiger partial charge in [-0.25, -0.2) is 15.0 Å². The maximum Gasteiger partial charge on any atom is 0.173 e. The number of anilines is 1. The standard InChI is InChI=1S/C9H16N3.ClH/c1-8-5-6-9(10-7-8)11-12(2,3)4;/h5-7H,1-4H3,(H,10,11);1H/q+1;. The monoisotopic (exact) mass is 202 g/mol. The van der Waals surface area contributed by atoms with E-state index < -0.39 is 0 Å². The summed E-state index contributed by atoms with van der Waals surface area (Å²) in [5.41, 5.74) is 4.42. The molecule has 1 N–H and O–H groups in total. The van der Waals surface area contributed by atoms with Crippen LogP contribution < -0.4 is 5.43 Å². The van der Waals surface area contributed by atoms with Crippen molar-refractivity contribution in [3.63, 3.8) is 0 Å². The highest BCUT2D eigenvalue weighted by atomic mass is 35.5. The molecule has 13 heavy (non-hydrogen) atoms. The highest BCUT2D eigenvalue weighted by Gasteiger charge is 2.06. The topological polar surface area (TPSA) is 24.9 Å².